The molecule has 0 bridgehead atoms. The van der Waals surface area contributed by atoms with E-state index in [1.807, 2.05) is 29.8 Å². The fraction of sp³-hybridized carbons (Fsp3) is 0.348. The third kappa shape index (κ3) is 3.57. The summed E-state index contributed by atoms with van der Waals surface area (Å²) < 4.78 is 33.1. The average molecular weight is 443 g/mol. The summed E-state index contributed by atoms with van der Waals surface area (Å²) in [6.45, 7) is 1.66. The largest absolute Gasteiger partial charge is 0.492 e. The highest BCUT2D eigenvalue weighted by molar-refractivity contribution is 6.10. The first-order chi connectivity index (χ1) is 15.2. The second-order valence-corrected chi connectivity index (χ2v) is 8.24. The molecule has 2 aromatic rings. The Morgan fingerprint density at radius 3 is 2.72 bits per heavy atom. The third-order valence-corrected chi connectivity index (χ3v) is 6.01. The van der Waals surface area contributed by atoms with E-state index >= 15 is 0 Å². The maximum Gasteiger partial charge on any atom is 0.341 e. The fourth-order valence-corrected chi connectivity index (χ4v) is 4.55. The van der Waals surface area contributed by atoms with E-state index in [1.165, 1.54) is 12.3 Å². The van der Waals surface area contributed by atoms with Gasteiger partial charge in [0.2, 0.25) is 0 Å². The van der Waals surface area contributed by atoms with Gasteiger partial charge in [0.25, 0.3) is 0 Å². The molecule has 0 fully saturated rings. The molecule has 168 valence electrons. The van der Waals surface area contributed by atoms with Crippen LogP contribution in [-0.2, 0) is 12.8 Å². The fourth-order valence-electron chi connectivity index (χ4n) is 4.55. The number of halogens is 2. The first kappa shape index (κ1) is 21.7. The summed E-state index contributed by atoms with van der Waals surface area (Å²) in [6.07, 6.45) is 4.64. The Labute approximate surface area is 182 Å². The molecule has 0 aliphatic carbocycles. The third-order valence-electron chi connectivity index (χ3n) is 6.01. The first-order valence-corrected chi connectivity index (χ1v) is 10.3. The normalized spacial score (nSPS) is 16.9. The maximum atomic E-state index is 12.7. The molecule has 1 aromatic carbocycles. The number of fused-ring (bicyclic) bond motifs is 5. The molecule has 0 saturated heterocycles. The molecular formula is C23H23F2N3O4. The Morgan fingerprint density at radius 2 is 2.09 bits per heavy atom. The molecule has 4 rings (SSSR count). The lowest BCUT2D eigenvalue weighted by atomic mass is 9.82. The molecule has 9 heteroatoms. The van der Waals surface area contributed by atoms with Crippen LogP contribution in [0.5, 0.6) is 5.75 Å². The van der Waals surface area contributed by atoms with Crippen LogP contribution in [0.1, 0.15) is 46.9 Å². The molecule has 2 aliphatic heterocycles. The topological polar surface area (TPSA) is 104 Å². The van der Waals surface area contributed by atoms with Gasteiger partial charge in [-0.05, 0) is 24.0 Å². The molecule has 3 N–H and O–H groups in total. The summed E-state index contributed by atoms with van der Waals surface area (Å²) in [7, 11) is 0. The minimum Gasteiger partial charge on any atom is -0.492 e. The molecule has 32 heavy (non-hydrogen) atoms. The first-order valence-electron chi connectivity index (χ1n) is 10.3. The number of benzene rings is 1. The van der Waals surface area contributed by atoms with Gasteiger partial charge in [-0.1, -0.05) is 13.8 Å². The van der Waals surface area contributed by atoms with Gasteiger partial charge in [0, 0.05) is 59.4 Å². The highest BCUT2D eigenvalue weighted by atomic mass is 19.3. The standard InChI is InChI=1S/C23H23F2N3O4/c1-11(2)17-6-12-5-15(13(8-26)9-27-23(24)25)21-14(3-4-32-21)20(12)18-7-19(29)16(22(30)31)10-28(17)18/h5,7-11,17,23,26-27H,3-4,6H2,1-2H3,(H,30,31)/b13-9+,26-8?/t17-/m0/s1. The molecule has 2 aliphatic rings. The van der Waals surface area contributed by atoms with Gasteiger partial charge in [-0.15, -0.1) is 0 Å². The highest BCUT2D eigenvalue weighted by Crippen LogP contribution is 2.46. The number of aromatic nitrogens is 1. The van der Waals surface area contributed by atoms with Crippen molar-refractivity contribution in [3.8, 4) is 17.0 Å². The van der Waals surface area contributed by atoms with Gasteiger partial charge < -0.3 is 25.1 Å². The minimum absolute atomic E-state index is 0.101. The van der Waals surface area contributed by atoms with Gasteiger partial charge in [0.1, 0.15) is 11.3 Å². The average Bonchev–Trinajstić information content (AvgIpc) is 3.22. The number of hydrogen-bond acceptors (Lipinski definition) is 5. The Morgan fingerprint density at radius 1 is 1.34 bits per heavy atom. The van der Waals surface area contributed by atoms with E-state index in [4.69, 9.17) is 10.1 Å². The van der Waals surface area contributed by atoms with Gasteiger partial charge >= 0.3 is 12.5 Å². The van der Waals surface area contributed by atoms with E-state index in [-0.39, 0.29) is 23.1 Å². The number of carboxylic acids is 1. The van der Waals surface area contributed by atoms with Crippen molar-refractivity contribution in [1.29, 1.82) is 5.41 Å². The molecule has 7 nitrogen and oxygen atoms in total. The van der Waals surface area contributed by atoms with Crippen LogP contribution in [0.3, 0.4) is 0 Å². The summed E-state index contributed by atoms with van der Waals surface area (Å²) in [5.74, 6) is -0.633. The summed E-state index contributed by atoms with van der Waals surface area (Å²) in [4.78, 5) is 24.1. The van der Waals surface area contributed by atoms with Crippen LogP contribution in [0.15, 0.2) is 29.3 Å². The van der Waals surface area contributed by atoms with E-state index in [2.05, 4.69) is 0 Å². The molecule has 1 atom stereocenters. The lowest BCUT2D eigenvalue weighted by Gasteiger charge is -2.34. The van der Waals surface area contributed by atoms with Crippen molar-refractivity contribution in [3.63, 3.8) is 0 Å². The van der Waals surface area contributed by atoms with E-state index in [9.17, 15) is 23.5 Å². The monoisotopic (exact) mass is 443 g/mol. The number of rotatable bonds is 6. The van der Waals surface area contributed by atoms with Gasteiger partial charge in [-0.2, -0.15) is 8.78 Å². The van der Waals surface area contributed by atoms with Crippen LogP contribution < -0.4 is 15.5 Å². The van der Waals surface area contributed by atoms with E-state index in [1.54, 1.807) is 0 Å². The van der Waals surface area contributed by atoms with Crippen molar-refractivity contribution in [3.05, 3.63) is 57.0 Å². The quantitative estimate of drug-likeness (QED) is 0.467. The second-order valence-electron chi connectivity index (χ2n) is 8.24. The molecule has 0 radical (unpaired) electrons. The number of alkyl halides is 2. The summed E-state index contributed by atoms with van der Waals surface area (Å²) >= 11 is 0. The Kier molecular flexibility index (Phi) is 5.58. The predicted octanol–water partition coefficient (Wildman–Crippen LogP) is 3.70. The molecular weight excluding hydrogens is 420 g/mol. The predicted molar refractivity (Wildman–Crippen MR) is 116 cm³/mol. The zero-order valence-electron chi connectivity index (χ0n) is 17.6. The number of allylic oxidation sites excluding steroid dienone is 1. The maximum absolute atomic E-state index is 12.7. The number of carbonyl (C=O) groups is 1. The van der Waals surface area contributed by atoms with Crippen LogP contribution >= 0.6 is 0 Å². The Bertz CT molecular complexity index is 1200. The second kappa shape index (κ2) is 8.22. The van der Waals surface area contributed by atoms with Crippen LogP contribution in [0.4, 0.5) is 8.78 Å². The number of carboxylic acid groups (broad SMARTS) is 1. The zero-order valence-corrected chi connectivity index (χ0v) is 17.6. The van der Waals surface area contributed by atoms with Crippen LogP contribution in [0.2, 0.25) is 0 Å². The minimum atomic E-state index is -2.76. The van der Waals surface area contributed by atoms with E-state index in [0.29, 0.717) is 36.5 Å². The molecule has 0 saturated carbocycles. The molecule has 1 aromatic heterocycles. The SMILES string of the molecule is CC(C)[C@@H]1Cc2cc(/C(C=N)=C/NC(F)F)c3c(c2-c2cc(=O)c(C(=O)O)cn21)CCO3. The Balaban J connectivity index is 1.99. The molecule has 0 amide bonds. The summed E-state index contributed by atoms with van der Waals surface area (Å²) in [5.41, 5.74) is 3.14. The van der Waals surface area contributed by atoms with Crippen molar-refractivity contribution in [2.24, 2.45) is 5.92 Å². The number of nitrogens with one attached hydrogen (secondary N) is 2. The van der Waals surface area contributed by atoms with Crippen LogP contribution in [0.25, 0.3) is 16.8 Å². The van der Waals surface area contributed by atoms with Crippen LogP contribution in [-0.4, -0.2) is 35.0 Å². The molecule has 0 unspecified atom stereocenters. The number of nitrogens with zero attached hydrogens (tertiary/aromatic N) is 1. The van der Waals surface area contributed by atoms with Crippen molar-refractivity contribution in [2.75, 3.05) is 6.61 Å². The number of pyridine rings is 1. The summed E-state index contributed by atoms with van der Waals surface area (Å²) in [6, 6.07) is 3.09. The zero-order chi connectivity index (χ0) is 23.2. The van der Waals surface area contributed by atoms with Crippen LogP contribution in [0, 0.1) is 11.3 Å². The van der Waals surface area contributed by atoms with Crippen molar-refractivity contribution in [1.82, 2.24) is 9.88 Å². The number of aromatic carboxylic acids is 1. The highest BCUT2D eigenvalue weighted by Gasteiger charge is 2.33. The Hall–Kier alpha value is -3.49. The molecule has 3 heterocycles. The van der Waals surface area contributed by atoms with Gasteiger partial charge in [-0.3, -0.25) is 4.79 Å². The van der Waals surface area contributed by atoms with E-state index in [0.717, 1.165) is 29.1 Å². The van der Waals surface area contributed by atoms with Gasteiger partial charge in [0.15, 0.2) is 5.43 Å². The van der Waals surface area contributed by atoms with Gasteiger partial charge in [0.05, 0.1) is 12.3 Å². The summed E-state index contributed by atoms with van der Waals surface area (Å²) in [5, 5.41) is 19.1. The van der Waals surface area contributed by atoms with Gasteiger partial charge in [-0.25, -0.2) is 4.79 Å². The number of hydrogen-bond donors (Lipinski definition) is 3. The smallest absolute Gasteiger partial charge is 0.341 e. The molecule has 0 spiro atoms. The number of ether oxygens (including phenoxy) is 1. The van der Waals surface area contributed by atoms with Crippen molar-refractivity contribution >= 4 is 17.8 Å². The van der Waals surface area contributed by atoms with E-state index < -0.39 is 17.9 Å². The van der Waals surface area contributed by atoms with Crippen molar-refractivity contribution in [2.45, 2.75) is 39.3 Å². The lowest BCUT2D eigenvalue weighted by molar-refractivity contribution is 0.0694. The van der Waals surface area contributed by atoms with Crippen molar-refractivity contribution < 1.29 is 23.4 Å². The lowest BCUT2D eigenvalue weighted by Crippen LogP contribution is -2.28.